The zero-order chi connectivity index (χ0) is 22.9. The summed E-state index contributed by atoms with van der Waals surface area (Å²) in [5.41, 5.74) is 3.08. The molecule has 2 aromatic carbocycles. The average molecular weight is 479 g/mol. The lowest BCUT2D eigenvalue weighted by molar-refractivity contribution is 0.00200. The first-order chi connectivity index (χ1) is 16.0. The third kappa shape index (κ3) is 4.33. The molecule has 33 heavy (non-hydrogen) atoms. The van der Waals surface area contributed by atoms with Crippen LogP contribution in [0.4, 0.5) is 0 Å². The van der Waals surface area contributed by atoms with E-state index in [1.54, 1.807) is 34.8 Å². The summed E-state index contributed by atoms with van der Waals surface area (Å²) in [6.07, 6.45) is 0.875. The van der Waals surface area contributed by atoms with E-state index in [0.29, 0.717) is 17.7 Å². The molecule has 1 atom stereocenters. The Morgan fingerprint density at radius 1 is 1.18 bits per heavy atom. The first-order valence-electron chi connectivity index (χ1n) is 11.0. The van der Waals surface area contributed by atoms with Crippen LogP contribution in [0.3, 0.4) is 0 Å². The Kier molecular flexibility index (Phi) is 6.27. The van der Waals surface area contributed by atoms with Gasteiger partial charge in [0, 0.05) is 17.1 Å². The van der Waals surface area contributed by atoms with Crippen molar-refractivity contribution in [3.8, 4) is 11.4 Å². The van der Waals surface area contributed by atoms with E-state index in [1.807, 2.05) is 42.5 Å². The second-order valence-corrected chi connectivity index (χ2v) is 10.5. The van der Waals surface area contributed by atoms with E-state index in [2.05, 4.69) is 26.0 Å². The highest BCUT2D eigenvalue weighted by atomic mass is 32.2. The van der Waals surface area contributed by atoms with Crippen LogP contribution < -0.4 is 10.3 Å². The minimum absolute atomic E-state index is 0.0114. The number of rotatable bonds is 6. The number of hydrogen-bond donors (Lipinski definition) is 0. The second-order valence-electron chi connectivity index (χ2n) is 8.49. The average Bonchev–Trinajstić information content (AvgIpc) is 3.21. The molecule has 0 amide bonds. The molecule has 0 unspecified atom stereocenters. The first kappa shape index (κ1) is 22.2. The number of nitrogens with zero attached hydrogens (tertiary/aromatic N) is 2. The third-order valence-corrected chi connectivity index (χ3v) is 8.11. The van der Waals surface area contributed by atoms with E-state index in [9.17, 15) is 4.79 Å². The van der Waals surface area contributed by atoms with Crippen LogP contribution in [-0.2, 0) is 23.5 Å². The first-order valence-corrected chi connectivity index (χ1v) is 12.9. The summed E-state index contributed by atoms with van der Waals surface area (Å²) in [6.45, 7) is 4.88. The summed E-state index contributed by atoms with van der Waals surface area (Å²) in [4.78, 5) is 20.9. The summed E-state index contributed by atoms with van der Waals surface area (Å²) < 4.78 is 13.1. The van der Waals surface area contributed by atoms with Gasteiger partial charge in [-0.15, -0.1) is 11.3 Å². The summed E-state index contributed by atoms with van der Waals surface area (Å²) >= 11 is 3.17. The maximum atomic E-state index is 14.0. The smallest absolute Gasteiger partial charge is 0.267 e. The van der Waals surface area contributed by atoms with Crippen molar-refractivity contribution in [1.29, 1.82) is 0 Å². The third-order valence-electron chi connectivity index (χ3n) is 6.00. The van der Waals surface area contributed by atoms with Crippen molar-refractivity contribution in [3.05, 3.63) is 81.0 Å². The van der Waals surface area contributed by atoms with Crippen LogP contribution in [0, 0.1) is 5.92 Å². The molecule has 0 saturated carbocycles. The maximum absolute atomic E-state index is 14.0. The molecule has 0 bridgehead atoms. The highest BCUT2D eigenvalue weighted by molar-refractivity contribution is 7.98. The van der Waals surface area contributed by atoms with Gasteiger partial charge in [0.05, 0.1) is 30.9 Å². The summed E-state index contributed by atoms with van der Waals surface area (Å²) in [6, 6.07) is 17.8. The number of fused-ring (bicyclic) bond motifs is 3. The van der Waals surface area contributed by atoms with Crippen LogP contribution in [0.5, 0.6) is 5.75 Å². The fourth-order valence-electron chi connectivity index (χ4n) is 4.11. The topological polar surface area (TPSA) is 53.4 Å². The minimum Gasteiger partial charge on any atom is -0.497 e. The van der Waals surface area contributed by atoms with Crippen LogP contribution in [0.25, 0.3) is 15.9 Å². The second kappa shape index (κ2) is 9.33. The molecule has 0 N–H and O–H groups in total. The Labute approximate surface area is 201 Å². The van der Waals surface area contributed by atoms with Gasteiger partial charge in [-0.2, -0.15) is 0 Å². The van der Waals surface area contributed by atoms with Crippen molar-refractivity contribution in [2.24, 2.45) is 5.92 Å². The van der Waals surface area contributed by atoms with Crippen molar-refractivity contribution < 1.29 is 9.47 Å². The van der Waals surface area contributed by atoms with Crippen LogP contribution in [0.15, 0.2) is 64.5 Å². The molecule has 7 heteroatoms. The van der Waals surface area contributed by atoms with Crippen molar-refractivity contribution in [2.45, 2.75) is 43.9 Å². The molecule has 3 heterocycles. The van der Waals surface area contributed by atoms with E-state index in [1.165, 1.54) is 5.56 Å². The number of ether oxygens (including phenoxy) is 2. The lowest BCUT2D eigenvalue weighted by Crippen LogP contribution is -2.28. The lowest BCUT2D eigenvalue weighted by Gasteiger charge is -2.26. The van der Waals surface area contributed by atoms with E-state index in [4.69, 9.17) is 14.5 Å². The molecule has 0 radical (unpaired) electrons. The number of aromatic nitrogens is 2. The molecule has 5 rings (SSSR count). The largest absolute Gasteiger partial charge is 0.497 e. The molecule has 4 aromatic rings. The monoisotopic (exact) mass is 478 g/mol. The Morgan fingerprint density at radius 2 is 1.94 bits per heavy atom. The predicted octanol–water partition coefficient (Wildman–Crippen LogP) is 5.85. The number of hydrogen-bond acceptors (Lipinski definition) is 6. The van der Waals surface area contributed by atoms with Crippen molar-refractivity contribution in [1.82, 2.24) is 9.55 Å². The quantitative estimate of drug-likeness (QED) is 0.257. The lowest BCUT2D eigenvalue weighted by atomic mass is 9.96. The maximum Gasteiger partial charge on any atom is 0.267 e. The molecular formula is C26H26N2O3S2. The van der Waals surface area contributed by atoms with Crippen molar-refractivity contribution >= 4 is 33.3 Å². The standard InChI is InChI=1S/C26H26N2O3S2/c1-16(2)21-13-20-22(14-31-21)33-24-23(20)25(29)28(18-9-11-19(30-3)12-10-18)26(27-24)32-15-17-7-5-4-6-8-17/h4-12,16,21H,13-15H2,1-3H3/t21-/m0/s1. The molecule has 0 spiro atoms. The van der Waals surface area contributed by atoms with Gasteiger partial charge in [-0.25, -0.2) is 4.98 Å². The highest BCUT2D eigenvalue weighted by Crippen LogP contribution is 2.36. The van der Waals surface area contributed by atoms with Gasteiger partial charge < -0.3 is 9.47 Å². The molecular weight excluding hydrogens is 452 g/mol. The zero-order valence-electron chi connectivity index (χ0n) is 18.9. The van der Waals surface area contributed by atoms with Crippen molar-refractivity contribution in [2.75, 3.05) is 7.11 Å². The van der Waals surface area contributed by atoms with Crippen molar-refractivity contribution in [3.63, 3.8) is 0 Å². The Morgan fingerprint density at radius 3 is 2.64 bits per heavy atom. The van der Waals surface area contributed by atoms with Crippen LogP contribution in [0.1, 0.15) is 29.9 Å². The van der Waals surface area contributed by atoms with Crippen LogP contribution in [0.2, 0.25) is 0 Å². The van der Waals surface area contributed by atoms with Gasteiger partial charge in [0.15, 0.2) is 5.16 Å². The number of thiophene rings is 1. The predicted molar refractivity (Wildman–Crippen MR) is 135 cm³/mol. The van der Waals surface area contributed by atoms with E-state index < -0.39 is 0 Å². The molecule has 5 nitrogen and oxygen atoms in total. The van der Waals surface area contributed by atoms with Gasteiger partial charge in [0.2, 0.25) is 0 Å². The van der Waals surface area contributed by atoms with Gasteiger partial charge in [-0.3, -0.25) is 9.36 Å². The van der Waals surface area contributed by atoms with Gasteiger partial charge in [-0.05, 0) is 41.3 Å². The molecule has 0 aliphatic carbocycles. The molecule has 1 aliphatic rings. The molecule has 2 aromatic heterocycles. The Balaban J connectivity index is 1.65. The SMILES string of the molecule is COc1ccc(-n2c(SCc3ccccc3)nc3sc4c(c3c2=O)C[C@@H](C(C)C)OC4)cc1. The summed E-state index contributed by atoms with van der Waals surface area (Å²) in [5.74, 6) is 1.88. The molecule has 170 valence electrons. The Bertz CT molecular complexity index is 1330. The van der Waals surface area contributed by atoms with Gasteiger partial charge in [0.25, 0.3) is 5.56 Å². The van der Waals surface area contributed by atoms with Crippen LogP contribution >= 0.6 is 23.1 Å². The van der Waals surface area contributed by atoms with E-state index in [-0.39, 0.29) is 11.7 Å². The van der Waals surface area contributed by atoms with Gasteiger partial charge >= 0.3 is 0 Å². The molecule has 0 saturated heterocycles. The van der Waals surface area contributed by atoms with Crippen LogP contribution in [-0.4, -0.2) is 22.8 Å². The molecule has 1 aliphatic heterocycles. The highest BCUT2D eigenvalue weighted by Gasteiger charge is 2.28. The Hall–Kier alpha value is -2.61. The summed E-state index contributed by atoms with van der Waals surface area (Å²) in [7, 11) is 1.64. The number of benzene rings is 2. The summed E-state index contributed by atoms with van der Waals surface area (Å²) in [5, 5.41) is 1.44. The van der Waals surface area contributed by atoms with Gasteiger partial charge in [0.1, 0.15) is 10.6 Å². The molecule has 0 fully saturated rings. The van der Waals surface area contributed by atoms with E-state index in [0.717, 1.165) is 44.3 Å². The minimum atomic E-state index is -0.0114. The normalized spacial score (nSPS) is 15.7. The van der Waals surface area contributed by atoms with E-state index >= 15 is 0 Å². The fourth-order valence-corrected chi connectivity index (χ4v) is 6.25. The fraction of sp³-hybridized carbons (Fsp3) is 0.308. The zero-order valence-corrected chi connectivity index (χ0v) is 20.5. The number of thioether (sulfide) groups is 1. The number of methoxy groups -OCH3 is 1. The van der Waals surface area contributed by atoms with Gasteiger partial charge in [-0.1, -0.05) is 55.9 Å².